The van der Waals surface area contributed by atoms with Crippen LogP contribution in [-0.4, -0.2) is 24.3 Å². The lowest BCUT2D eigenvalue weighted by Crippen LogP contribution is -2.14. The Hall–Kier alpha value is -3.26. The van der Waals surface area contributed by atoms with Crippen LogP contribution in [0.2, 0.25) is 0 Å². The van der Waals surface area contributed by atoms with Gasteiger partial charge in [0.2, 0.25) is 5.91 Å². The number of nitrogens with one attached hydrogen (secondary N) is 2. The SMILES string of the molecule is CC(=O)Nc1cncc(-c2cnc(C)c(NS(=O)(=O)c3ccccc3)c2)c1. The molecule has 2 heterocycles. The molecule has 2 N–H and O–H groups in total. The number of nitrogens with zero attached hydrogens (tertiary/aromatic N) is 2. The summed E-state index contributed by atoms with van der Waals surface area (Å²) in [5.41, 5.74) is 2.84. The van der Waals surface area contributed by atoms with Crippen molar-refractivity contribution in [3.8, 4) is 11.1 Å². The van der Waals surface area contributed by atoms with Gasteiger partial charge in [-0.15, -0.1) is 0 Å². The van der Waals surface area contributed by atoms with Gasteiger partial charge >= 0.3 is 0 Å². The van der Waals surface area contributed by atoms with Gasteiger partial charge in [0.1, 0.15) is 0 Å². The molecule has 0 aliphatic carbocycles. The molecule has 138 valence electrons. The minimum absolute atomic E-state index is 0.170. The van der Waals surface area contributed by atoms with Crippen LogP contribution in [0.3, 0.4) is 0 Å². The lowest BCUT2D eigenvalue weighted by Gasteiger charge is -2.12. The molecular formula is C19H18N4O3S. The zero-order chi connectivity index (χ0) is 19.4. The van der Waals surface area contributed by atoms with Crippen LogP contribution in [0.1, 0.15) is 12.6 Å². The number of rotatable bonds is 5. The molecule has 27 heavy (non-hydrogen) atoms. The minimum Gasteiger partial charge on any atom is -0.325 e. The first-order valence-corrected chi connectivity index (χ1v) is 9.61. The Kier molecular flexibility index (Phi) is 5.18. The molecule has 8 heteroatoms. The van der Waals surface area contributed by atoms with E-state index in [1.54, 1.807) is 49.6 Å². The van der Waals surface area contributed by atoms with Crippen LogP contribution in [-0.2, 0) is 14.8 Å². The molecule has 0 saturated carbocycles. The number of benzene rings is 1. The summed E-state index contributed by atoms with van der Waals surface area (Å²) >= 11 is 0. The lowest BCUT2D eigenvalue weighted by atomic mass is 10.1. The number of anilines is 2. The van der Waals surface area contributed by atoms with E-state index in [1.807, 2.05) is 0 Å². The number of sulfonamides is 1. The average molecular weight is 382 g/mol. The molecule has 3 rings (SSSR count). The van der Waals surface area contributed by atoms with Crippen molar-refractivity contribution in [3.63, 3.8) is 0 Å². The van der Waals surface area contributed by atoms with Crippen molar-refractivity contribution in [2.24, 2.45) is 0 Å². The topological polar surface area (TPSA) is 101 Å². The molecule has 2 aromatic heterocycles. The van der Waals surface area contributed by atoms with Gasteiger partial charge in [-0.05, 0) is 31.2 Å². The van der Waals surface area contributed by atoms with E-state index in [0.29, 0.717) is 28.2 Å². The Morgan fingerprint density at radius 2 is 1.70 bits per heavy atom. The van der Waals surface area contributed by atoms with Gasteiger partial charge in [-0.2, -0.15) is 0 Å². The number of carbonyl (C=O) groups is 1. The summed E-state index contributed by atoms with van der Waals surface area (Å²) in [6, 6.07) is 11.6. The fourth-order valence-electron chi connectivity index (χ4n) is 2.47. The van der Waals surface area contributed by atoms with Crippen molar-refractivity contribution < 1.29 is 13.2 Å². The maximum absolute atomic E-state index is 12.6. The number of aryl methyl sites for hydroxylation is 1. The monoisotopic (exact) mass is 382 g/mol. The molecule has 0 radical (unpaired) electrons. The highest BCUT2D eigenvalue weighted by atomic mass is 32.2. The normalized spacial score (nSPS) is 11.0. The number of hydrogen-bond acceptors (Lipinski definition) is 5. The maximum atomic E-state index is 12.6. The lowest BCUT2D eigenvalue weighted by molar-refractivity contribution is -0.114. The van der Waals surface area contributed by atoms with E-state index in [1.165, 1.54) is 25.3 Å². The van der Waals surface area contributed by atoms with E-state index >= 15 is 0 Å². The second kappa shape index (κ2) is 7.55. The highest BCUT2D eigenvalue weighted by molar-refractivity contribution is 7.92. The molecule has 0 saturated heterocycles. The first-order valence-electron chi connectivity index (χ1n) is 8.13. The van der Waals surface area contributed by atoms with Gasteiger partial charge < -0.3 is 5.32 Å². The number of pyridine rings is 2. The van der Waals surface area contributed by atoms with Crippen molar-refractivity contribution in [1.82, 2.24) is 9.97 Å². The molecule has 7 nitrogen and oxygen atoms in total. The molecular weight excluding hydrogens is 364 g/mol. The molecule has 0 aliphatic heterocycles. The fraction of sp³-hybridized carbons (Fsp3) is 0.105. The summed E-state index contributed by atoms with van der Waals surface area (Å²) in [5, 5.41) is 2.67. The van der Waals surface area contributed by atoms with Crippen LogP contribution >= 0.6 is 0 Å². The van der Waals surface area contributed by atoms with Crippen LogP contribution in [0.4, 0.5) is 11.4 Å². The Labute approximate surface area is 157 Å². The van der Waals surface area contributed by atoms with Crippen LogP contribution in [0, 0.1) is 6.92 Å². The third-order valence-electron chi connectivity index (χ3n) is 3.78. The van der Waals surface area contributed by atoms with E-state index in [4.69, 9.17) is 0 Å². The number of carbonyl (C=O) groups excluding carboxylic acids is 1. The molecule has 0 atom stereocenters. The predicted molar refractivity (Wildman–Crippen MR) is 104 cm³/mol. The quantitative estimate of drug-likeness (QED) is 0.706. The van der Waals surface area contributed by atoms with Crippen LogP contribution < -0.4 is 10.0 Å². The molecule has 0 bridgehead atoms. The van der Waals surface area contributed by atoms with Crippen LogP contribution in [0.15, 0.2) is 66.0 Å². The molecule has 1 aromatic carbocycles. The molecule has 0 fully saturated rings. The third kappa shape index (κ3) is 4.48. The molecule has 0 aliphatic rings. The van der Waals surface area contributed by atoms with Crippen LogP contribution in [0.25, 0.3) is 11.1 Å². The van der Waals surface area contributed by atoms with Crippen LogP contribution in [0.5, 0.6) is 0 Å². The van der Waals surface area contributed by atoms with Crippen molar-refractivity contribution in [2.45, 2.75) is 18.7 Å². The van der Waals surface area contributed by atoms with Gasteiger partial charge in [0.15, 0.2) is 0 Å². The fourth-order valence-corrected chi connectivity index (χ4v) is 3.60. The second-order valence-corrected chi connectivity index (χ2v) is 7.60. The summed E-state index contributed by atoms with van der Waals surface area (Å²) in [5.74, 6) is -0.202. The number of aromatic nitrogens is 2. The van der Waals surface area contributed by atoms with Gasteiger partial charge in [0.05, 0.1) is 28.2 Å². The van der Waals surface area contributed by atoms with E-state index in [-0.39, 0.29) is 10.8 Å². The minimum atomic E-state index is -3.72. The Morgan fingerprint density at radius 3 is 2.41 bits per heavy atom. The van der Waals surface area contributed by atoms with Gasteiger partial charge in [-0.1, -0.05) is 18.2 Å². The molecule has 1 amide bonds. The standard InChI is InChI=1S/C19H18N4O3S/c1-13-19(23-27(25,26)18-6-4-3-5-7-18)9-16(11-21-13)15-8-17(12-20-10-15)22-14(2)24/h3-12,23H,1-2H3,(H,22,24). The Balaban J connectivity index is 1.95. The second-order valence-electron chi connectivity index (χ2n) is 5.92. The highest BCUT2D eigenvalue weighted by Gasteiger charge is 2.16. The first-order chi connectivity index (χ1) is 12.8. The maximum Gasteiger partial charge on any atom is 0.261 e. The van der Waals surface area contributed by atoms with E-state index in [9.17, 15) is 13.2 Å². The van der Waals surface area contributed by atoms with Crippen molar-refractivity contribution >= 4 is 27.3 Å². The van der Waals surface area contributed by atoms with E-state index in [2.05, 4.69) is 20.0 Å². The Morgan fingerprint density at radius 1 is 1.00 bits per heavy atom. The van der Waals surface area contributed by atoms with E-state index in [0.717, 1.165) is 0 Å². The molecule has 0 spiro atoms. The van der Waals surface area contributed by atoms with Gasteiger partial charge in [-0.25, -0.2) is 8.42 Å². The summed E-state index contributed by atoms with van der Waals surface area (Å²) < 4.78 is 27.7. The zero-order valence-electron chi connectivity index (χ0n) is 14.8. The van der Waals surface area contributed by atoms with Crippen molar-refractivity contribution in [3.05, 3.63) is 66.7 Å². The average Bonchev–Trinajstić information content (AvgIpc) is 2.64. The first kappa shape index (κ1) is 18.5. The summed E-state index contributed by atoms with van der Waals surface area (Å²) in [6.45, 7) is 3.13. The van der Waals surface area contributed by atoms with Gasteiger partial charge in [0, 0.05) is 30.4 Å². The molecule has 0 unspecified atom stereocenters. The predicted octanol–water partition coefficient (Wildman–Crippen LogP) is 3.21. The number of hydrogen-bond donors (Lipinski definition) is 2. The molecule has 3 aromatic rings. The van der Waals surface area contributed by atoms with Crippen molar-refractivity contribution in [1.29, 1.82) is 0 Å². The summed E-state index contributed by atoms with van der Waals surface area (Å²) in [4.78, 5) is 19.8. The van der Waals surface area contributed by atoms with Gasteiger partial charge in [0.25, 0.3) is 10.0 Å². The summed E-state index contributed by atoms with van der Waals surface area (Å²) in [7, 11) is -3.72. The number of amides is 1. The zero-order valence-corrected chi connectivity index (χ0v) is 15.6. The Bertz CT molecular complexity index is 1080. The van der Waals surface area contributed by atoms with E-state index < -0.39 is 10.0 Å². The van der Waals surface area contributed by atoms with Crippen molar-refractivity contribution in [2.75, 3.05) is 10.0 Å². The summed E-state index contributed by atoms with van der Waals surface area (Å²) in [6.07, 6.45) is 4.78. The highest BCUT2D eigenvalue weighted by Crippen LogP contribution is 2.26. The van der Waals surface area contributed by atoms with Gasteiger partial charge in [-0.3, -0.25) is 19.5 Å². The largest absolute Gasteiger partial charge is 0.325 e. The third-order valence-corrected chi connectivity index (χ3v) is 5.16. The smallest absolute Gasteiger partial charge is 0.261 e.